The first-order valence-corrected chi connectivity index (χ1v) is 10.2. The highest BCUT2D eigenvalue weighted by atomic mass is 32.2. The van der Waals surface area contributed by atoms with Gasteiger partial charge in [0, 0.05) is 5.39 Å². The first-order valence-electron chi connectivity index (χ1n) is 8.56. The maximum absolute atomic E-state index is 12.6. The van der Waals surface area contributed by atoms with Gasteiger partial charge in [0.05, 0.1) is 11.4 Å². The number of nitrogens with one attached hydrogen (secondary N) is 1. The Balaban J connectivity index is 1.94. The second kappa shape index (κ2) is 7.44. The maximum atomic E-state index is 12.6. The molecule has 0 bridgehead atoms. The number of rotatable bonds is 6. The number of fused-ring (bicyclic) bond motifs is 1. The van der Waals surface area contributed by atoms with E-state index in [4.69, 9.17) is 9.15 Å². The number of hydrogen-bond donors (Lipinski definition) is 1. The molecule has 0 fully saturated rings. The summed E-state index contributed by atoms with van der Waals surface area (Å²) in [5.74, 6) is -0.123. The molecule has 3 aromatic rings. The molecule has 0 aliphatic rings. The highest BCUT2D eigenvalue weighted by Gasteiger charge is 2.21. The smallest absolute Gasteiger partial charge is 0.342 e. The van der Waals surface area contributed by atoms with E-state index in [1.807, 2.05) is 30.3 Å². The Labute approximate surface area is 158 Å². The fraction of sp³-hybridized carbons (Fsp3) is 0.250. The first-order chi connectivity index (χ1) is 12.8. The SMILES string of the molecule is CCS(=O)(=O)Nc1cc2c(C(=O)OCc3ccccc3)c(C)oc2cc1C. The van der Waals surface area contributed by atoms with Crippen LogP contribution in [0.5, 0.6) is 0 Å². The third-order valence-electron chi connectivity index (χ3n) is 4.27. The van der Waals surface area contributed by atoms with E-state index in [2.05, 4.69) is 4.72 Å². The zero-order valence-electron chi connectivity index (χ0n) is 15.4. The summed E-state index contributed by atoms with van der Waals surface area (Å²) in [6.45, 7) is 5.17. The summed E-state index contributed by atoms with van der Waals surface area (Å²) >= 11 is 0. The van der Waals surface area contributed by atoms with E-state index in [0.717, 1.165) is 5.56 Å². The third-order valence-corrected chi connectivity index (χ3v) is 5.56. The molecule has 0 saturated heterocycles. The van der Waals surface area contributed by atoms with Crippen LogP contribution in [-0.2, 0) is 21.4 Å². The fourth-order valence-corrected chi connectivity index (χ4v) is 3.46. The number of hydrogen-bond acceptors (Lipinski definition) is 5. The molecule has 1 aromatic heterocycles. The van der Waals surface area contributed by atoms with Crippen LogP contribution in [0.2, 0.25) is 0 Å². The molecule has 142 valence electrons. The summed E-state index contributed by atoms with van der Waals surface area (Å²) in [5.41, 5.74) is 2.82. The highest BCUT2D eigenvalue weighted by molar-refractivity contribution is 7.92. The van der Waals surface area contributed by atoms with Gasteiger partial charge in [0.1, 0.15) is 23.5 Å². The van der Waals surface area contributed by atoms with Gasteiger partial charge in [-0.2, -0.15) is 0 Å². The van der Waals surface area contributed by atoms with Crippen LogP contribution >= 0.6 is 0 Å². The predicted molar refractivity (Wildman–Crippen MR) is 104 cm³/mol. The Morgan fingerprint density at radius 2 is 1.85 bits per heavy atom. The fourth-order valence-electron chi connectivity index (χ4n) is 2.77. The lowest BCUT2D eigenvalue weighted by atomic mass is 10.1. The van der Waals surface area contributed by atoms with Gasteiger partial charge in [0.15, 0.2) is 0 Å². The van der Waals surface area contributed by atoms with Crippen molar-refractivity contribution >= 4 is 32.6 Å². The van der Waals surface area contributed by atoms with Crippen molar-refractivity contribution in [2.24, 2.45) is 0 Å². The Bertz CT molecular complexity index is 1080. The number of anilines is 1. The zero-order valence-corrected chi connectivity index (χ0v) is 16.2. The van der Waals surface area contributed by atoms with Gasteiger partial charge in [-0.1, -0.05) is 30.3 Å². The lowest BCUT2D eigenvalue weighted by Gasteiger charge is -2.09. The van der Waals surface area contributed by atoms with Crippen LogP contribution in [0.25, 0.3) is 11.0 Å². The van der Waals surface area contributed by atoms with Gasteiger partial charge in [0.25, 0.3) is 0 Å². The molecule has 7 heteroatoms. The second-order valence-corrected chi connectivity index (χ2v) is 8.27. The van der Waals surface area contributed by atoms with Crippen molar-refractivity contribution in [2.75, 3.05) is 10.5 Å². The lowest BCUT2D eigenvalue weighted by molar-refractivity contribution is 0.0473. The molecular weight excluding hydrogens is 366 g/mol. The predicted octanol–water partition coefficient (Wildman–Crippen LogP) is 4.17. The van der Waals surface area contributed by atoms with E-state index < -0.39 is 16.0 Å². The lowest BCUT2D eigenvalue weighted by Crippen LogP contribution is -2.15. The van der Waals surface area contributed by atoms with Crippen molar-refractivity contribution in [3.05, 3.63) is 64.9 Å². The molecule has 6 nitrogen and oxygen atoms in total. The second-order valence-electron chi connectivity index (χ2n) is 6.26. The number of sulfonamides is 1. The Morgan fingerprint density at radius 1 is 1.15 bits per heavy atom. The van der Waals surface area contributed by atoms with Gasteiger partial charge < -0.3 is 9.15 Å². The van der Waals surface area contributed by atoms with Crippen LogP contribution in [-0.4, -0.2) is 20.1 Å². The summed E-state index contributed by atoms with van der Waals surface area (Å²) in [7, 11) is -3.43. The van der Waals surface area contributed by atoms with E-state index in [9.17, 15) is 13.2 Å². The molecule has 2 aromatic carbocycles. The Hall–Kier alpha value is -2.80. The van der Waals surface area contributed by atoms with Crippen molar-refractivity contribution < 1.29 is 22.4 Å². The van der Waals surface area contributed by atoms with Crippen LogP contribution in [0.1, 0.15) is 34.2 Å². The molecule has 27 heavy (non-hydrogen) atoms. The minimum absolute atomic E-state index is 0.0408. The van der Waals surface area contributed by atoms with E-state index >= 15 is 0 Å². The number of carbonyl (C=O) groups excluding carboxylic acids is 1. The van der Waals surface area contributed by atoms with Crippen LogP contribution in [0.3, 0.4) is 0 Å². The van der Waals surface area contributed by atoms with E-state index in [0.29, 0.717) is 33.5 Å². The molecule has 3 rings (SSSR count). The standard InChI is InChI=1S/C20H21NO5S/c1-4-27(23,24)21-17-11-16-18(10-13(17)2)26-14(3)19(16)20(22)25-12-15-8-6-5-7-9-15/h5-11,21H,4,12H2,1-3H3. The average Bonchev–Trinajstić information content (AvgIpc) is 2.95. The van der Waals surface area contributed by atoms with Crippen molar-refractivity contribution in [1.82, 2.24) is 0 Å². The zero-order chi connectivity index (χ0) is 19.6. The number of furan rings is 1. The van der Waals surface area contributed by atoms with Gasteiger partial charge in [0.2, 0.25) is 10.0 Å². The van der Waals surface area contributed by atoms with Crippen LogP contribution in [0.15, 0.2) is 46.9 Å². The summed E-state index contributed by atoms with van der Waals surface area (Å²) in [4.78, 5) is 12.6. The monoisotopic (exact) mass is 387 g/mol. The van der Waals surface area contributed by atoms with Crippen molar-refractivity contribution in [3.8, 4) is 0 Å². The normalized spacial score (nSPS) is 11.5. The largest absolute Gasteiger partial charge is 0.460 e. The van der Waals surface area contributed by atoms with Gasteiger partial charge in [-0.3, -0.25) is 4.72 Å². The Kier molecular flexibility index (Phi) is 5.23. The van der Waals surface area contributed by atoms with Gasteiger partial charge in [-0.05, 0) is 44.0 Å². The van der Waals surface area contributed by atoms with Crippen molar-refractivity contribution in [3.63, 3.8) is 0 Å². The number of carbonyl (C=O) groups is 1. The summed E-state index contributed by atoms with van der Waals surface area (Å²) in [5, 5.41) is 0.518. The van der Waals surface area contributed by atoms with Gasteiger partial charge in [-0.15, -0.1) is 0 Å². The molecule has 0 amide bonds. The highest BCUT2D eigenvalue weighted by Crippen LogP contribution is 2.31. The number of esters is 1. The van der Waals surface area contributed by atoms with E-state index in [1.54, 1.807) is 32.9 Å². The van der Waals surface area contributed by atoms with Gasteiger partial charge >= 0.3 is 5.97 Å². The van der Waals surface area contributed by atoms with Crippen molar-refractivity contribution in [1.29, 1.82) is 0 Å². The molecule has 0 aliphatic carbocycles. The summed E-state index contributed by atoms with van der Waals surface area (Å²) in [6, 6.07) is 12.7. The summed E-state index contributed by atoms with van der Waals surface area (Å²) in [6.07, 6.45) is 0. The number of benzene rings is 2. The first kappa shape index (κ1) is 19.0. The quantitative estimate of drug-likeness (QED) is 0.642. The van der Waals surface area contributed by atoms with E-state index in [-0.39, 0.29) is 12.4 Å². The van der Waals surface area contributed by atoms with E-state index in [1.165, 1.54) is 0 Å². The molecule has 0 unspecified atom stereocenters. The topological polar surface area (TPSA) is 85.6 Å². The molecule has 0 aliphatic heterocycles. The molecule has 1 heterocycles. The van der Waals surface area contributed by atoms with Crippen molar-refractivity contribution in [2.45, 2.75) is 27.4 Å². The average molecular weight is 387 g/mol. The van der Waals surface area contributed by atoms with Crippen LogP contribution in [0.4, 0.5) is 5.69 Å². The molecular formula is C20H21NO5S. The van der Waals surface area contributed by atoms with Gasteiger partial charge in [-0.25, -0.2) is 13.2 Å². The molecule has 0 saturated carbocycles. The van der Waals surface area contributed by atoms with Crippen LogP contribution < -0.4 is 4.72 Å². The van der Waals surface area contributed by atoms with Crippen LogP contribution in [0, 0.1) is 13.8 Å². The molecule has 0 radical (unpaired) electrons. The number of aryl methyl sites for hydroxylation is 2. The third kappa shape index (κ3) is 4.14. The maximum Gasteiger partial charge on any atom is 0.342 e. The molecule has 0 spiro atoms. The minimum atomic E-state index is -3.43. The number of ether oxygens (including phenoxy) is 1. The molecule has 0 atom stereocenters. The molecule has 1 N–H and O–H groups in total. The minimum Gasteiger partial charge on any atom is -0.460 e. The summed E-state index contributed by atoms with van der Waals surface area (Å²) < 4.78 is 37.5. The Morgan fingerprint density at radius 3 is 2.52 bits per heavy atom.